The first-order chi connectivity index (χ1) is 15.8. The molecule has 0 aliphatic carbocycles. The van der Waals surface area contributed by atoms with Crippen LogP contribution < -0.4 is 4.31 Å². The van der Waals surface area contributed by atoms with Gasteiger partial charge in [-0.05, 0) is 60.0 Å². The Balaban J connectivity index is 1.73. The van der Waals surface area contributed by atoms with Crippen LogP contribution in [0.3, 0.4) is 0 Å². The molecular formula is C27H23NO4S. The van der Waals surface area contributed by atoms with Gasteiger partial charge in [0.25, 0.3) is 10.0 Å². The highest BCUT2D eigenvalue weighted by molar-refractivity contribution is 7.92. The number of nitrogens with zero attached hydrogens (tertiary/aromatic N) is 1. The van der Waals surface area contributed by atoms with E-state index in [1.54, 1.807) is 24.3 Å². The van der Waals surface area contributed by atoms with E-state index in [4.69, 9.17) is 0 Å². The van der Waals surface area contributed by atoms with Crippen LogP contribution in [0.1, 0.15) is 21.5 Å². The molecule has 4 rings (SSSR count). The number of carboxylic acid groups (broad SMARTS) is 1. The number of carboxylic acids is 1. The molecule has 33 heavy (non-hydrogen) atoms. The molecule has 4 aromatic rings. The van der Waals surface area contributed by atoms with Gasteiger partial charge in [0.15, 0.2) is 0 Å². The minimum absolute atomic E-state index is 0.0960. The van der Waals surface area contributed by atoms with Crippen LogP contribution in [0, 0.1) is 6.92 Å². The summed E-state index contributed by atoms with van der Waals surface area (Å²) >= 11 is 0. The fraction of sp³-hybridized carbons (Fsp3) is 0.0741. The summed E-state index contributed by atoms with van der Waals surface area (Å²) < 4.78 is 28.7. The van der Waals surface area contributed by atoms with Crippen LogP contribution in [0.25, 0.3) is 11.1 Å². The lowest BCUT2D eigenvalue weighted by atomic mass is 10.1. The minimum atomic E-state index is -3.91. The number of hydrogen-bond donors (Lipinski definition) is 1. The Bertz CT molecular complexity index is 1350. The van der Waals surface area contributed by atoms with Crippen LogP contribution in [0.2, 0.25) is 0 Å². The summed E-state index contributed by atoms with van der Waals surface area (Å²) in [7, 11) is -3.91. The molecule has 0 aromatic heterocycles. The van der Waals surface area contributed by atoms with Gasteiger partial charge in [-0.2, -0.15) is 0 Å². The molecule has 0 unspecified atom stereocenters. The van der Waals surface area contributed by atoms with Crippen LogP contribution >= 0.6 is 0 Å². The Morgan fingerprint density at radius 1 is 0.758 bits per heavy atom. The van der Waals surface area contributed by atoms with Crippen molar-refractivity contribution in [2.45, 2.75) is 18.4 Å². The third-order valence-electron chi connectivity index (χ3n) is 5.40. The van der Waals surface area contributed by atoms with Crippen LogP contribution in [-0.2, 0) is 16.6 Å². The van der Waals surface area contributed by atoms with Gasteiger partial charge in [0, 0.05) is 0 Å². The summed E-state index contributed by atoms with van der Waals surface area (Å²) in [5, 5.41) is 9.20. The second-order valence-corrected chi connectivity index (χ2v) is 9.60. The maximum Gasteiger partial charge on any atom is 0.335 e. The fourth-order valence-corrected chi connectivity index (χ4v) is 4.97. The van der Waals surface area contributed by atoms with Crippen molar-refractivity contribution in [2.75, 3.05) is 4.31 Å². The third kappa shape index (κ3) is 4.96. The molecule has 0 amide bonds. The Morgan fingerprint density at radius 3 is 1.91 bits per heavy atom. The summed E-state index contributed by atoms with van der Waals surface area (Å²) in [5.41, 5.74) is 4.32. The number of aryl methyl sites for hydroxylation is 1. The Kier molecular flexibility index (Phi) is 6.29. The van der Waals surface area contributed by atoms with Gasteiger partial charge < -0.3 is 5.11 Å². The molecule has 0 saturated heterocycles. The number of sulfonamides is 1. The average molecular weight is 458 g/mol. The van der Waals surface area contributed by atoms with Crippen molar-refractivity contribution in [3.63, 3.8) is 0 Å². The number of anilines is 1. The Labute approximate surface area is 193 Å². The molecule has 6 heteroatoms. The zero-order valence-corrected chi connectivity index (χ0v) is 18.9. The number of benzene rings is 4. The molecule has 0 aliphatic rings. The van der Waals surface area contributed by atoms with E-state index in [0.717, 1.165) is 22.3 Å². The molecule has 0 aliphatic heterocycles. The first kappa shape index (κ1) is 22.3. The van der Waals surface area contributed by atoms with Crippen molar-refractivity contribution >= 4 is 21.7 Å². The number of rotatable bonds is 7. The standard InChI is InChI=1S/C27H23NO4S/c1-20-7-9-21(10-8-20)19-28(25-15-11-24(12-16-25)27(29)30)33(31,32)26-17-13-23(14-18-26)22-5-3-2-4-6-22/h2-18H,19H2,1H3,(H,29,30). The highest BCUT2D eigenvalue weighted by atomic mass is 32.2. The highest BCUT2D eigenvalue weighted by Gasteiger charge is 2.25. The lowest BCUT2D eigenvalue weighted by molar-refractivity contribution is 0.0697. The molecule has 0 saturated carbocycles. The van der Waals surface area contributed by atoms with Crippen molar-refractivity contribution in [1.29, 1.82) is 0 Å². The van der Waals surface area contributed by atoms with Gasteiger partial charge in [0.1, 0.15) is 0 Å². The Hall–Kier alpha value is -3.90. The summed E-state index contributed by atoms with van der Waals surface area (Å²) in [6.45, 7) is 2.09. The summed E-state index contributed by atoms with van der Waals surface area (Å²) in [6.07, 6.45) is 0. The van der Waals surface area contributed by atoms with Crippen molar-refractivity contribution in [3.05, 3.63) is 120 Å². The van der Waals surface area contributed by atoms with E-state index in [9.17, 15) is 18.3 Å². The maximum absolute atomic E-state index is 13.7. The quantitative estimate of drug-likeness (QED) is 0.383. The van der Waals surface area contributed by atoms with Gasteiger partial charge in [0.05, 0.1) is 22.7 Å². The van der Waals surface area contributed by atoms with E-state index in [-0.39, 0.29) is 17.0 Å². The largest absolute Gasteiger partial charge is 0.478 e. The molecule has 0 fully saturated rings. The SMILES string of the molecule is Cc1ccc(CN(c2ccc(C(=O)O)cc2)S(=O)(=O)c2ccc(-c3ccccc3)cc2)cc1. The molecule has 5 nitrogen and oxygen atoms in total. The third-order valence-corrected chi connectivity index (χ3v) is 7.19. The molecular weight excluding hydrogens is 434 g/mol. The molecule has 4 aromatic carbocycles. The molecule has 0 heterocycles. The second-order valence-electron chi connectivity index (χ2n) is 7.74. The van der Waals surface area contributed by atoms with E-state index in [2.05, 4.69) is 0 Å². The Morgan fingerprint density at radius 2 is 1.33 bits per heavy atom. The molecule has 0 bridgehead atoms. The van der Waals surface area contributed by atoms with Crippen molar-refractivity contribution in [1.82, 2.24) is 0 Å². The topological polar surface area (TPSA) is 74.7 Å². The average Bonchev–Trinajstić information content (AvgIpc) is 2.84. The predicted octanol–water partition coefficient (Wildman–Crippen LogP) is 5.76. The van der Waals surface area contributed by atoms with Gasteiger partial charge >= 0.3 is 5.97 Å². The number of hydrogen-bond acceptors (Lipinski definition) is 3. The van der Waals surface area contributed by atoms with Crippen molar-refractivity contribution in [3.8, 4) is 11.1 Å². The molecule has 0 atom stereocenters. The van der Waals surface area contributed by atoms with Gasteiger partial charge in [-0.15, -0.1) is 0 Å². The summed E-state index contributed by atoms with van der Waals surface area (Å²) in [6, 6.07) is 30.0. The van der Waals surface area contributed by atoms with Gasteiger partial charge in [-0.3, -0.25) is 4.31 Å². The number of carbonyl (C=O) groups is 1. The van der Waals surface area contributed by atoms with E-state index < -0.39 is 16.0 Å². The lowest BCUT2D eigenvalue weighted by Crippen LogP contribution is -2.30. The van der Waals surface area contributed by atoms with Crippen LogP contribution in [0.5, 0.6) is 0 Å². The molecule has 166 valence electrons. The fourth-order valence-electron chi connectivity index (χ4n) is 3.52. The van der Waals surface area contributed by atoms with E-state index in [0.29, 0.717) is 5.69 Å². The van der Waals surface area contributed by atoms with Crippen molar-refractivity contribution < 1.29 is 18.3 Å². The first-order valence-corrected chi connectivity index (χ1v) is 11.9. The lowest BCUT2D eigenvalue weighted by Gasteiger charge is -2.25. The molecule has 0 spiro atoms. The zero-order valence-electron chi connectivity index (χ0n) is 18.0. The smallest absolute Gasteiger partial charge is 0.335 e. The van der Waals surface area contributed by atoms with E-state index >= 15 is 0 Å². The van der Waals surface area contributed by atoms with Crippen LogP contribution in [-0.4, -0.2) is 19.5 Å². The normalized spacial score (nSPS) is 11.2. The van der Waals surface area contributed by atoms with E-state index in [1.807, 2.05) is 61.5 Å². The van der Waals surface area contributed by atoms with Crippen molar-refractivity contribution in [2.24, 2.45) is 0 Å². The zero-order chi connectivity index (χ0) is 23.4. The first-order valence-electron chi connectivity index (χ1n) is 10.4. The van der Waals surface area contributed by atoms with Gasteiger partial charge in [0.2, 0.25) is 0 Å². The number of aromatic carboxylic acids is 1. The van der Waals surface area contributed by atoms with Crippen LogP contribution in [0.4, 0.5) is 5.69 Å². The van der Waals surface area contributed by atoms with E-state index in [1.165, 1.54) is 28.6 Å². The highest BCUT2D eigenvalue weighted by Crippen LogP contribution is 2.28. The predicted molar refractivity (Wildman–Crippen MR) is 130 cm³/mol. The minimum Gasteiger partial charge on any atom is -0.478 e. The molecule has 0 radical (unpaired) electrons. The summed E-state index contributed by atoms with van der Waals surface area (Å²) in [4.78, 5) is 11.4. The van der Waals surface area contributed by atoms with Crippen LogP contribution in [0.15, 0.2) is 108 Å². The second kappa shape index (κ2) is 9.30. The van der Waals surface area contributed by atoms with Gasteiger partial charge in [-0.25, -0.2) is 13.2 Å². The monoisotopic (exact) mass is 457 g/mol. The summed E-state index contributed by atoms with van der Waals surface area (Å²) in [5.74, 6) is -1.06. The maximum atomic E-state index is 13.7. The molecule has 1 N–H and O–H groups in total. The van der Waals surface area contributed by atoms with Gasteiger partial charge in [-0.1, -0.05) is 72.3 Å².